The summed E-state index contributed by atoms with van der Waals surface area (Å²) in [5.41, 5.74) is 2.66. The van der Waals surface area contributed by atoms with Gasteiger partial charge in [0, 0.05) is 5.56 Å². The Kier molecular flexibility index (Phi) is 4.63. The first-order valence-electron chi connectivity index (χ1n) is 6.13. The summed E-state index contributed by atoms with van der Waals surface area (Å²) in [6.07, 6.45) is 0. The van der Waals surface area contributed by atoms with Gasteiger partial charge in [-0.1, -0.05) is 29.3 Å². The summed E-state index contributed by atoms with van der Waals surface area (Å²) in [6, 6.07) is 8.77. The van der Waals surface area contributed by atoms with E-state index in [4.69, 9.17) is 27.9 Å². The summed E-state index contributed by atoms with van der Waals surface area (Å²) in [7, 11) is 0. The fraction of sp³-hybridized carbons (Fsp3) is 0.200. The minimum absolute atomic E-state index is 0.340. The number of hydrogen-bond donors (Lipinski definition) is 0. The van der Waals surface area contributed by atoms with Crippen molar-refractivity contribution < 1.29 is 9.53 Å². The van der Waals surface area contributed by atoms with Crippen molar-refractivity contribution in [3.63, 3.8) is 0 Å². The summed E-state index contributed by atoms with van der Waals surface area (Å²) < 4.78 is 4.97. The van der Waals surface area contributed by atoms with Crippen molar-refractivity contribution >= 4 is 29.2 Å². The molecule has 0 saturated carbocycles. The lowest BCUT2D eigenvalue weighted by Crippen LogP contribution is -2.08. The van der Waals surface area contributed by atoms with Gasteiger partial charge >= 0.3 is 5.97 Å². The molecule has 0 radical (unpaired) electrons. The van der Waals surface area contributed by atoms with E-state index in [2.05, 4.69) is 4.98 Å². The summed E-state index contributed by atoms with van der Waals surface area (Å²) in [4.78, 5) is 16.1. The Balaban J connectivity index is 2.37. The molecule has 3 nitrogen and oxygen atoms in total. The number of ether oxygens (including phenoxy) is 1. The van der Waals surface area contributed by atoms with Crippen LogP contribution in [0.2, 0.25) is 10.0 Å². The molecule has 0 spiro atoms. The highest BCUT2D eigenvalue weighted by molar-refractivity contribution is 6.42. The summed E-state index contributed by atoms with van der Waals surface area (Å²) in [5, 5.41) is 0.966. The van der Waals surface area contributed by atoms with Gasteiger partial charge in [0.2, 0.25) is 0 Å². The largest absolute Gasteiger partial charge is 0.462 e. The number of carbonyl (C=O) groups is 1. The second-order valence-corrected chi connectivity index (χ2v) is 4.99. The van der Waals surface area contributed by atoms with Crippen LogP contribution in [0.5, 0.6) is 0 Å². The molecule has 20 heavy (non-hydrogen) atoms. The predicted octanol–water partition coefficient (Wildman–Crippen LogP) is 4.54. The molecule has 2 rings (SSSR count). The molecule has 0 aliphatic carbocycles. The zero-order valence-electron chi connectivity index (χ0n) is 11.1. The van der Waals surface area contributed by atoms with E-state index in [0.717, 1.165) is 11.3 Å². The molecule has 0 atom stereocenters. The fourth-order valence-electron chi connectivity index (χ4n) is 1.80. The predicted molar refractivity (Wildman–Crippen MR) is 80.4 cm³/mol. The number of nitrogens with zero attached hydrogens (tertiary/aromatic N) is 1. The van der Waals surface area contributed by atoms with Gasteiger partial charge in [-0.25, -0.2) is 4.79 Å². The minimum atomic E-state index is -0.363. The molecule has 0 N–H and O–H groups in total. The number of benzene rings is 1. The molecule has 0 aliphatic rings. The first kappa shape index (κ1) is 14.8. The highest BCUT2D eigenvalue weighted by atomic mass is 35.5. The fourth-order valence-corrected chi connectivity index (χ4v) is 2.10. The lowest BCUT2D eigenvalue weighted by atomic mass is 10.1. The van der Waals surface area contributed by atoms with Gasteiger partial charge in [0.1, 0.15) is 0 Å². The monoisotopic (exact) mass is 309 g/mol. The average Bonchev–Trinajstić information content (AvgIpc) is 2.42. The lowest BCUT2D eigenvalue weighted by Gasteiger charge is -2.08. The van der Waals surface area contributed by atoms with Gasteiger partial charge in [-0.15, -0.1) is 0 Å². The van der Waals surface area contributed by atoms with Gasteiger partial charge in [-0.3, -0.25) is 4.98 Å². The van der Waals surface area contributed by atoms with E-state index < -0.39 is 0 Å². The van der Waals surface area contributed by atoms with Gasteiger partial charge in [0.05, 0.1) is 33.6 Å². The number of halogens is 2. The van der Waals surface area contributed by atoms with Gasteiger partial charge in [0.25, 0.3) is 0 Å². The van der Waals surface area contributed by atoms with Crippen molar-refractivity contribution in [3.05, 3.63) is 51.6 Å². The molecule has 104 valence electrons. The molecular formula is C15H13Cl2NO2. The molecular weight excluding hydrogens is 297 g/mol. The molecule has 0 fully saturated rings. The molecule has 0 unspecified atom stereocenters. The maximum atomic E-state index is 11.7. The molecule has 0 saturated heterocycles. The van der Waals surface area contributed by atoms with Crippen LogP contribution >= 0.6 is 23.2 Å². The number of rotatable bonds is 3. The van der Waals surface area contributed by atoms with Crippen molar-refractivity contribution in [1.82, 2.24) is 4.98 Å². The summed E-state index contributed by atoms with van der Waals surface area (Å²) in [6.45, 7) is 3.88. The Labute approximate surface area is 127 Å². The van der Waals surface area contributed by atoms with Crippen LogP contribution in [0, 0.1) is 6.92 Å². The molecule has 5 heteroatoms. The molecule has 0 aliphatic heterocycles. The van der Waals surface area contributed by atoms with Crippen LogP contribution in [0.3, 0.4) is 0 Å². The third-order valence-corrected chi connectivity index (χ3v) is 3.54. The van der Waals surface area contributed by atoms with Crippen molar-refractivity contribution in [2.45, 2.75) is 13.8 Å². The average molecular weight is 310 g/mol. The highest BCUT2D eigenvalue weighted by Gasteiger charge is 2.12. The van der Waals surface area contributed by atoms with Gasteiger partial charge in [-0.2, -0.15) is 0 Å². The second-order valence-electron chi connectivity index (χ2n) is 4.18. The number of esters is 1. The number of hydrogen-bond acceptors (Lipinski definition) is 3. The van der Waals surface area contributed by atoms with E-state index >= 15 is 0 Å². The third kappa shape index (κ3) is 3.11. The number of carbonyl (C=O) groups excluding carboxylic acids is 1. The van der Waals surface area contributed by atoms with Crippen LogP contribution in [0.4, 0.5) is 0 Å². The summed E-state index contributed by atoms with van der Waals surface area (Å²) >= 11 is 11.9. The zero-order valence-corrected chi connectivity index (χ0v) is 12.6. The van der Waals surface area contributed by atoms with Crippen LogP contribution in [-0.4, -0.2) is 17.6 Å². The van der Waals surface area contributed by atoms with Gasteiger partial charge in [-0.05, 0) is 38.1 Å². The smallest absolute Gasteiger partial charge is 0.339 e. The molecule has 2 aromatic rings. The number of pyridine rings is 1. The first-order valence-corrected chi connectivity index (χ1v) is 6.88. The Morgan fingerprint density at radius 1 is 1.20 bits per heavy atom. The SMILES string of the molecule is CCOC(=O)c1ccc(-c2ccc(Cl)c(Cl)c2)nc1C. The Bertz CT molecular complexity index is 656. The maximum absolute atomic E-state index is 11.7. The van der Waals surface area contributed by atoms with E-state index in [0.29, 0.717) is 27.9 Å². The van der Waals surface area contributed by atoms with Crippen LogP contribution in [0.1, 0.15) is 23.0 Å². The molecule has 1 heterocycles. The quantitative estimate of drug-likeness (QED) is 0.781. The zero-order chi connectivity index (χ0) is 14.7. The van der Waals surface area contributed by atoms with Crippen LogP contribution < -0.4 is 0 Å². The minimum Gasteiger partial charge on any atom is -0.462 e. The topological polar surface area (TPSA) is 39.2 Å². The van der Waals surface area contributed by atoms with E-state index in [1.807, 2.05) is 6.07 Å². The Hall–Kier alpha value is -1.58. The van der Waals surface area contributed by atoms with Crippen molar-refractivity contribution in [1.29, 1.82) is 0 Å². The van der Waals surface area contributed by atoms with Gasteiger partial charge < -0.3 is 4.74 Å². The lowest BCUT2D eigenvalue weighted by molar-refractivity contribution is 0.0525. The van der Waals surface area contributed by atoms with Crippen LogP contribution in [0.25, 0.3) is 11.3 Å². The van der Waals surface area contributed by atoms with Crippen LogP contribution in [-0.2, 0) is 4.74 Å². The van der Waals surface area contributed by atoms with E-state index in [1.54, 1.807) is 38.1 Å². The van der Waals surface area contributed by atoms with E-state index in [1.165, 1.54) is 0 Å². The Morgan fingerprint density at radius 2 is 1.95 bits per heavy atom. The molecule has 1 aromatic carbocycles. The molecule has 1 aromatic heterocycles. The van der Waals surface area contributed by atoms with Gasteiger partial charge in [0.15, 0.2) is 0 Å². The van der Waals surface area contributed by atoms with Crippen molar-refractivity contribution in [2.24, 2.45) is 0 Å². The first-order chi connectivity index (χ1) is 9.52. The van der Waals surface area contributed by atoms with Crippen molar-refractivity contribution in [2.75, 3.05) is 6.61 Å². The third-order valence-electron chi connectivity index (χ3n) is 2.80. The van der Waals surface area contributed by atoms with Crippen molar-refractivity contribution in [3.8, 4) is 11.3 Å². The maximum Gasteiger partial charge on any atom is 0.339 e. The molecule has 0 bridgehead atoms. The second kappa shape index (κ2) is 6.25. The number of aryl methyl sites for hydroxylation is 1. The van der Waals surface area contributed by atoms with E-state index in [-0.39, 0.29) is 5.97 Å². The summed E-state index contributed by atoms with van der Waals surface area (Å²) in [5.74, 6) is -0.363. The normalized spacial score (nSPS) is 10.4. The molecule has 0 amide bonds. The standard InChI is InChI=1S/C15H13Cl2NO2/c1-3-20-15(19)11-5-7-14(18-9(11)2)10-4-6-12(16)13(17)8-10/h4-8H,3H2,1-2H3. The van der Waals surface area contributed by atoms with Crippen LogP contribution in [0.15, 0.2) is 30.3 Å². The Morgan fingerprint density at radius 3 is 2.55 bits per heavy atom. The highest BCUT2D eigenvalue weighted by Crippen LogP contribution is 2.28. The van der Waals surface area contributed by atoms with E-state index in [9.17, 15) is 4.79 Å². The number of aromatic nitrogens is 1.